The summed E-state index contributed by atoms with van der Waals surface area (Å²) in [6.07, 6.45) is 51.2. The monoisotopic (exact) mass is 1260 g/mol. The number of esters is 4. The number of carbonyl (C=O) groups is 4. The molecule has 19 heteroatoms. The highest BCUT2D eigenvalue weighted by molar-refractivity contribution is 7.47. The van der Waals surface area contributed by atoms with Gasteiger partial charge in [0, 0.05) is 25.7 Å². The molecule has 0 fully saturated rings. The molecule has 0 bridgehead atoms. The molecule has 0 aromatic heterocycles. The molecule has 0 spiro atoms. The fourth-order valence-corrected chi connectivity index (χ4v) is 11.2. The molecule has 0 aliphatic heterocycles. The van der Waals surface area contributed by atoms with E-state index < -0.39 is 97.5 Å². The van der Waals surface area contributed by atoms with Gasteiger partial charge in [-0.15, -0.1) is 0 Å². The fraction of sp³-hybridized carbons (Fsp3) is 0.881. The van der Waals surface area contributed by atoms with Gasteiger partial charge in [0.25, 0.3) is 0 Å². The lowest BCUT2D eigenvalue weighted by atomic mass is 10.0. The van der Waals surface area contributed by atoms with E-state index in [0.717, 1.165) is 116 Å². The van der Waals surface area contributed by atoms with Crippen LogP contribution in [0.4, 0.5) is 0 Å². The fourth-order valence-electron chi connectivity index (χ4n) is 9.62. The number of phosphoric acid groups is 2. The van der Waals surface area contributed by atoms with Crippen molar-refractivity contribution in [3.05, 3.63) is 24.3 Å². The van der Waals surface area contributed by atoms with Crippen molar-refractivity contribution in [2.24, 2.45) is 0 Å². The molecule has 0 aromatic rings. The van der Waals surface area contributed by atoms with E-state index >= 15 is 0 Å². The maximum Gasteiger partial charge on any atom is 0.472 e. The average Bonchev–Trinajstić information content (AvgIpc) is 3.63. The van der Waals surface area contributed by atoms with Gasteiger partial charge in [0.05, 0.1) is 26.4 Å². The second-order valence-corrected chi connectivity index (χ2v) is 26.4. The first-order chi connectivity index (χ1) is 41.7. The van der Waals surface area contributed by atoms with E-state index in [1.165, 1.54) is 128 Å². The highest BCUT2D eigenvalue weighted by atomic mass is 31.2. The van der Waals surface area contributed by atoms with E-state index in [9.17, 15) is 43.2 Å². The highest BCUT2D eigenvalue weighted by Gasteiger charge is 2.30. The van der Waals surface area contributed by atoms with Crippen molar-refractivity contribution in [2.45, 2.75) is 341 Å². The Kier molecular flexibility index (Phi) is 59.6. The summed E-state index contributed by atoms with van der Waals surface area (Å²) in [5.74, 6) is -2.17. The second-order valence-electron chi connectivity index (χ2n) is 23.5. The molecule has 0 heterocycles. The zero-order valence-corrected chi connectivity index (χ0v) is 56.6. The van der Waals surface area contributed by atoms with E-state index in [1.54, 1.807) is 0 Å². The molecule has 0 amide bonds. The van der Waals surface area contributed by atoms with Gasteiger partial charge in [0.1, 0.15) is 19.3 Å². The van der Waals surface area contributed by atoms with Crippen molar-refractivity contribution in [3.63, 3.8) is 0 Å². The number of aliphatic hydroxyl groups excluding tert-OH is 1. The summed E-state index contributed by atoms with van der Waals surface area (Å²) in [7, 11) is -9.89. The zero-order chi connectivity index (χ0) is 63.3. The highest BCUT2D eigenvalue weighted by Crippen LogP contribution is 2.45. The molecule has 5 atom stereocenters. The molecule has 0 aliphatic rings. The molecule has 0 saturated carbocycles. The van der Waals surface area contributed by atoms with Crippen molar-refractivity contribution in [1.29, 1.82) is 0 Å². The van der Waals surface area contributed by atoms with Crippen molar-refractivity contribution in [1.82, 2.24) is 0 Å². The summed E-state index contributed by atoms with van der Waals surface area (Å²) < 4.78 is 67.8. The number of hydrogen-bond acceptors (Lipinski definition) is 15. The topological polar surface area (TPSA) is 237 Å². The molecule has 2 unspecified atom stereocenters. The van der Waals surface area contributed by atoms with Crippen LogP contribution < -0.4 is 0 Å². The largest absolute Gasteiger partial charge is 0.472 e. The van der Waals surface area contributed by atoms with Gasteiger partial charge in [-0.05, 0) is 51.4 Å². The van der Waals surface area contributed by atoms with Crippen LogP contribution in [0.3, 0.4) is 0 Å². The Bertz CT molecular complexity index is 1750. The third kappa shape index (κ3) is 60.5. The summed E-state index contributed by atoms with van der Waals surface area (Å²) in [6.45, 7) is 4.75. The van der Waals surface area contributed by atoms with Gasteiger partial charge >= 0.3 is 39.5 Å². The summed E-state index contributed by atoms with van der Waals surface area (Å²) in [4.78, 5) is 72.0. The Morgan fingerprint density at radius 3 is 0.849 bits per heavy atom. The Morgan fingerprint density at radius 2 is 0.558 bits per heavy atom. The van der Waals surface area contributed by atoms with E-state index in [1.807, 2.05) is 0 Å². The summed E-state index contributed by atoms with van der Waals surface area (Å²) in [5, 5.41) is 10.5. The van der Waals surface area contributed by atoms with Gasteiger partial charge in [0.15, 0.2) is 12.2 Å². The minimum absolute atomic E-state index is 0.102. The van der Waals surface area contributed by atoms with Crippen LogP contribution in [0.15, 0.2) is 24.3 Å². The van der Waals surface area contributed by atoms with Gasteiger partial charge in [-0.2, -0.15) is 0 Å². The molecular weight excluding hydrogens is 1140 g/mol. The van der Waals surface area contributed by atoms with Crippen molar-refractivity contribution >= 4 is 39.5 Å². The smallest absolute Gasteiger partial charge is 0.462 e. The molecule has 0 saturated heterocycles. The van der Waals surface area contributed by atoms with Crippen LogP contribution in [0.1, 0.15) is 323 Å². The Morgan fingerprint density at radius 1 is 0.326 bits per heavy atom. The maximum atomic E-state index is 13.0. The van der Waals surface area contributed by atoms with Crippen molar-refractivity contribution < 1.29 is 80.2 Å². The van der Waals surface area contributed by atoms with Gasteiger partial charge in [-0.1, -0.05) is 270 Å². The lowest BCUT2D eigenvalue weighted by Crippen LogP contribution is -2.30. The third-order valence-corrected chi connectivity index (χ3v) is 16.9. The number of hydrogen-bond donors (Lipinski definition) is 3. The predicted octanol–water partition coefficient (Wildman–Crippen LogP) is 18.7. The van der Waals surface area contributed by atoms with Gasteiger partial charge in [0.2, 0.25) is 0 Å². The first kappa shape index (κ1) is 83.5. The molecule has 0 radical (unpaired) electrons. The molecule has 0 aliphatic carbocycles. The standard InChI is InChI=1S/C67H126O17P2/c1-5-9-13-17-20-23-25-27-29-30-32-34-36-39-42-46-50-54-67(72)84-63(58-78-65(70)52-48-44-40-38-35-33-31-28-26-24-21-18-14-10-6-2)60-82-86(75,76)80-56-61(68)55-79-85(73,74)81-59-62(57-77-64(69)51-47-43-16-12-8-4)83-66(71)53-49-45-41-37-22-19-15-11-7-3/h24,26,28,31,61-63,68H,5-23,25,27,29-30,32-60H2,1-4H3,(H,73,74)(H,75,76)/b26-24-,31-28-/t61-,62+,63+/m0/s1. The van der Waals surface area contributed by atoms with Crippen molar-refractivity contribution in [2.75, 3.05) is 39.6 Å². The number of allylic oxidation sites excluding steroid dienone is 4. The van der Waals surface area contributed by atoms with Crippen LogP contribution >= 0.6 is 15.6 Å². The van der Waals surface area contributed by atoms with E-state index in [2.05, 4.69) is 52.0 Å². The minimum Gasteiger partial charge on any atom is -0.462 e. The number of ether oxygens (including phenoxy) is 4. The summed E-state index contributed by atoms with van der Waals surface area (Å²) in [6, 6.07) is 0. The SMILES string of the molecule is CCCCCC/C=C\C=C/CCCCCCCC(=O)OC[C@H](COP(=O)(O)OC[C@@H](O)COP(=O)(O)OC[C@@H](COC(=O)CCCCCCC)OC(=O)CCCCCCCCCCC)OC(=O)CCCCCCCCCCCCCCCCCCC. The first-order valence-corrected chi connectivity index (χ1v) is 37.6. The molecule has 0 rings (SSSR count). The normalized spacial score (nSPS) is 14.3. The van der Waals surface area contributed by atoms with Crippen LogP contribution in [0.25, 0.3) is 0 Å². The Hall–Kier alpha value is -2.46. The number of carbonyl (C=O) groups excluding carboxylic acids is 4. The molecule has 506 valence electrons. The number of phosphoric ester groups is 2. The van der Waals surface area contributed by atoms with E-state index in [4.69, 9.17) is 37.0 Å². The number of aliphatic hydroxyl groups is 1. The summed E-state index contributed by atoms with van der Waals surface area (Å²) in [5.41, 5.74) is 0. The lowest BCUT2D eigenvalue weighted by Gasteiger charge is -2.21. The second kappa shape index (κ2) is 61.4. The molecular formula is C67H126O17P2. The van der Waals surface area contributed by atoms with Crippen LogP contribution in [-0.2, 0) is 65.4 Å². The molecule has 3 N–H and O–H groups in total. The zero-order valence-electron chi connectivity index (χ0n) is 54.8. The molecule has 0 aromatic carbocycles. The lowest BCUT2D eigenvalue weighted by molar-refractivity contribution is -0.161. The third-order valence-electron chi connectivity index (χ3n) is 15.0. The van der Waals surface area contributed by atoms with Crippen molar-refractivity contribution in [3.8, 4) is 0 Å². The average molecular weight is 1270 g/mol. The first-order valence-electron chi connectivity index (χ1n) is 34.6. The quantitative estimate of drug-likeness (QED) is 0.0169. The van der Waals surface area contributed by atoms with Gasteiger partial charge < -0.3 is 33.8 Å². The van der Waals surface area contributed by atoms with E-state index in [0.29, 0.717) is 25.7 Å². The minimum atomic E-state index is -4.95. The molecule has 86 heavy (non-hydrogen) atoms. The Balaban J connectivity index is 5.19. The van der Waals surface area contributed by atoms with Crippen LogP contribution in [0.5, 0.6) is 0 Å². The van der Waals surface area contributed by atoms with Gasteiger partial charge in [-0.3, -0.25) is 37.3 Å². The van der Waals surface area contributed by atoms with E-state index in [-0.39, 0.29) is 25.7 Å². The van der Waals surface area contributed by atoms with Gasteiger partial charge in [-0.25, -0.2) is 9.13 Å². The maximum absolute atomic E-state index is 13.0. The predicted molar refractivity (Wildman–Crippen MR) is 345 cm³/mol. The summed E-state index contributed by atoms with van der Waals surface area (Å²) >= 11 is 0. The number of rotatable bonds is 66. The van der Waals surface area contributed by atoms with Crippen LogP contribution in [0.2, 0.25) is 0 Å². The number of unbranched alkanes of at least 4 members (excludes halogenated alkanes) is 37. The molecule has 17 nitrogen and oxygen atoms in total. The van der Waals surface area contributed by atoms with Crippen LogP contribution in [0, 0.1) is 0 Å². The Labute approximate surface area is 522 Å². The van der Waals surface area contributed by atoms with Crippen LogP contribution in [-0.4, -0.2) is 96.7 Å².